The van der Waals surface area contributed by atoms with Gasteiger partial charge in [-0.15, -0.1) is 12.6 Å². The van der Waals surface area contributed by atoms with E-state index in [9.17, 15) is 0 Å². The van der Waals surface area contributed by atoms with Gasteiger partial charge >= 0.3 is 0 Å². The van der Waals surface area contributed by atoms with E-state index in [1.54, 1.807) is 12.3 Å². The van der Waals surface area contributed by atoms with Gasteiger partial charge in [0.25, 0.3) is 0 Å². The number of thiol groups is 1. The summed E-state index contributed by atoms with van der Waals surface area (Å²) in [5, 5.41) is 0.822. The molecule has 2 nitrogen and oxygen atoms in total. The molecule has 0 aliphatic carbocycles. The Morgan fingerprint density at radius 2 is 2.38 bits per heavy atom. The first-order chi connectivity index (χ1) is 3.79. The molecule has 0 aliphatic rings. The van der Waals surface area contributed by atoms with E-state index in [4.69, 9.17) is 11.6 Å². The highest BCUT2D eigenvalue weighted by Crippen LogP contribution is 2.03. The average molecular weight is 147 g/mol. The van der Waals surface area contributed by atoms with Gasteiger partial charge in [0, 0.05) is 6.20 Å². The average Bonchev–Trinajstić information content (AvgIpc) is 1.64. The zero-order chi connectivity index (χ0) is 5.98. The first-order valence-corrected chi connectivity index (χ1v) is 2.79. The molecule has 1 aromatic rings. The van der Waals surface area contributed by atoms with Gasteiger partial charge in [0.2, 0.25) is 0 Å². The lowest BCUT2D eigenvalue weighted by atomic mass is 10.7. The van der Waals surface area contributed by atoms with Gasteiger partial charge in [-0.05, 0) is 6.07 Å². The van der Waals surface area contributed by atoms with Crippen LogP contribution < -0.4 is 0 Å². The van der Waals surface area contributed by atoms with E-state index in [-0.39, 0.29) is 0 Å². The topological polar surface area (TPSA) is 25.8 Å². The normalized spacial score (nSPS) is 9.25. The predicted octanol–water partition coefficient (Wildman–Crippen LogP) is 1.42. The van der Waals surface area contributed by atoms with Gasteiger partial charge in [0.15, 0.2) is 5.16 Å². The maximum Gasteiger partial charge on any atom is 0.185 e. The van der Waals surface area contributed by atoms with Crippen LogP contribution in [0.2, 0.25) is 5.15 Å². The Morgan fingerprint density at radius 3 is 2.75 bits per heavy atom. The van der Waals surface area contributed by atoms with Crippen LogP contribution in [0.5, 0.6) is 0 Å². The summed E-state index contributed by atoms with van der Waals surface area (Å²) in [5.41, 5.74) is 0. The van der Waals surface area contributed by atoms with Crippen LogP contribution in [0, 0.1) is 0 Å². The van der Waals surface area contributed by atoms with Crippen molar-refractivity contribution in [2.45, 2.75) is 5.16 Å². The number of halogens is 1. The molecule has 0 amide bonds. The largest absolute Gasteiger partial charge is 0.231 e. The number of nitrogens with zero attached hydrogens (tertiary/aromatic N) is 2. The van der Waals surface area contributed by atoms with E-state index in [0.29, 0.717) is 10.3 Å². The van der Waals surface area contributed by atoms with Crippen LogP contribution in [0.25, 0.3) is 0 Å². The summed E-state index contributed by atoms with van der Waals surface area (Å²) in [4.78, 5) is 7.40. The molecule has 1 rings (SSSR count). The molecule has 4 heteroatoms. The summed E-state index contributed by atoms with van der Waals surface area (Å²) in [6.45, 7) is 0. The fourth-order valence-electron chi connectivity index (χ4n) is 0.327. The van der Waals surface area contributed by atoms with Gasteiger partial charge in [-0.2, -0.15) is 0 Å². The minimum absolute atomic E-state index is 0.400. The van der Waals surface area contributed by atoms with E-state index in [0.717, 1.165) is 0 Å². The maximum absolute atomic E-state index is 5.44. The molecule has 0 radical (unpaired) electrons. The molecule has 0 aliphatic heterocycles. The van der Waals surface area contributed by atoms with Crippen molar-refractivity contribution in [1.82, 2.24) is 9.97 Å². The van der Waals surface area contributed by atoms with Crippen LogP contribution in [0.4, 0.5) is 0 Å². The Morgan fingerprint density at radius 1 is 1.62 bits per heavy atom. The minimum atomic E-state index is 0.400. The lowest BCUT2D eigenvalue weighted by Crippen LogP contribution is -1.79. The number of hydrogen-bond acceptors (Lipinski definition) is 3. The van der Waals surface area contributed by atoms with Crippen LogP contribution in [0.1, 0.15) is 0 Å². The predicted molar refractivity (Wildman–Crippen MR) is 34.3 cm³/mol. The quantitative estimate of drug-likeness (QED) is 0.340. The zero-order valence-corrected chi connectivity index (χ0v) is 5.52. The Hall–Kier alpha value is -0.280. The van der Waals surface area contributed by atoms with Crippen molar-refractivity contribution in [3.8, 4) is 0 Å². The molecule has 0 saturated heterocycles. The summed E-state index contributed by atoms with van der Waals surface area (Å²) in [5.74, 6) is 0. The summed E-state index contributed by atoms with van der Waals surface area (Å²) in [7, 11) is 0. The maximum atomic E-state index is 5.44. The molecule has 0 spiro atoms. The van der Waals surface area contributed by atoms with Gasteiger partial charge in [-0.3, -0.25) is 0 Å². The first-order valence-electron chi connectivity index (χ1n) is 1.96. The second-order valence-electron chi connectivity index (χ2n) is 1.18. The standard InChI is InChI=1S/C4H3ClN2S/c5-3-1-2-6-4(8)7-3/h1-2H,(H,6,7,8). The van der Waals surface area contributed by atoms with Gasteiger partial charge in [-0.25, -0.2) is 9.97 Å². The molecule has 0 saturated carbocycles. The van der Waals surface area contributed by atoms with Crippen molar-refractivity contribution in [2.24, 2.45) is 0 Å². The third kappa shape index (κ3) is 1.35. The number of rotatable bonds is 0. The highest BCUT2D eigenvalue weighted by molar-refractivity contribution is 7.80. The van der Waals surface area contributed by atoms with Gasteiger partial charge < -0.3 is 0 Å². The monoisotopic (exact) mass is 146 g/mol. The Bertz CT molecular complexity index is 174. The molecule has 1 aromatic heterocycles. The van der Waals surface area contributed by atoms with Crippen LogP contribution in [-0.2, 0) is 0 Å². The smallest absolute Gasteiger partial charge is 0.185 e. The summed E-state index contributed by atoms with van der Waals surface area (Å²) in [6, 6.07) is 1.60. The minimum Gasteiger partial charge on any atom is -0.231 e. The molecule has 42 valence electrons. The van der Waals surface area contributed by atoms with Crippen molar-refractivity contribution in [1.29, 1.82) is 0 Å². The van der Waals surface area contributed by atoms with E-state index >= 15 is 0 Å². The van der Waals surface area contributed by atoms with Crippen molar-refractivity contribution < 1.29 is 0 Å². The van der Waals surface area contributed by atoms with Gasteiger partial charge in [-0.1, -0.05) is 11.6 Å². The highest BCUT2D eigenvalue weighted by atomic mass is 35.5. The SMILES string of the molecule is Sc1nccc(Cl)n1. The lowest BCUT2D eigenvalue weighted by Gasteiger charge is -1.86. The third-order valence-electron chi connectivity index (χ3n) is 0.609. The molecule has 0 aromatic carbocycles. The van der Waals surface area contributed by atoms with Crippen LogP contribution in [0.15, 0.2) is 17.4 Å². The van der Waals surface area contributed by atoms with Crippen molar-refractivity contribution in [3.63, 3.8) is 0 Å². The second kappa shape index (κ2) is 2.33. The van der Waals surface area contributed by atoms with E-state index in [1.807, 2.05) is 0 Å². The fraction of sp³-hybridized carbons (Fsp3) is 0. The Kier molecular flexibility index (Phi) is 1.70. The molecule has 0 atom stereocenters. The Balaban J connectivity index is 3.08. The Labute approximate surface area is 57.3 Å². The summed E-state index contributed by atoms with van der Waals surface area (Å²) < 4.78 is 0. The molecular formula is C4H3ClN2S. The first kappa shape index (κ1) is 5.85. The highest BCUT2D eigenvalue weighted by Gasteiger charge is 1.86. The van der Waals surface area contributed by atoms with Crippen LogP contribution in [-0.4, -0.2) is 9.97 Å². The van der Waals surface area contributed by atoms with Gasteiger partial charge in [0.1, 0.15) is 5.15 Å². The molecule has 0 fully saturated rings. The van der Waals surface area contributed by atoms with E-state index < -0.39 is 0 Å². The molecule has 0 unspecified atom stereocenters. The van der Waals surface area contributed by atoms with Crippen molar-refractivity contribution in [2.75, 3.05) is 0 Å². The molecule has 1 heterocycles. The van der Waals surface area contributed by atoms with Crippen molar-refractivity contribution in [3.05, 3.63) is 17.4 Å². The zero-order valence-electron chi connectivity index (χ0n) is 3.87. The summed E-state index contributed by atoms with van der Waals surface area (Å²) in [6.07, 6.45) is 1.55. The number of aromatic nitrogens is 2. The van der Waals surface area contributed by atoms with Crippen LogP contribution in [0.3, 0.4) is 0 Å². The van der Waals surface area contributed by atoms with Crippen LogP contribution >= 0.6 is 24.2 Å². The summed E-state index contributed by atoms with van der Waals surface area (Å²) >= 11 is 9.29. The molecular weight excluding hydrogens is 144 g/mol. The van der Waals surface area contributed by atoms with E-state index in [2.05, 4.69) is 22.6 Å². The van der Waals surface area contributed by atoms with Gasteiger partial charge in [0.05, 0.1) is 0 Å². The molecule has 0 N–H and O–H groups in total. The number of hydrogen-bond donors (Lipinski definition) is 1. The molecule has 0 bridgehead atoms. The fourth-order valence-corrected chi connectivity index (χ4v) is 0.697. The second-order valence-corrected chi connectivity index (χ2v) is 1.97. The van der Waals surface area contributed by atoms with Crippen molar-refractivity contribution >= 4 is 24.2 Å². The lowest BCUT2D eigenvalue weighted by molar-refractivity contribution is 0.975. The third-order valence-corrected chi connectivity index (χ3v) is 1.03. The molecule has 8 heavy (non-hydrogen) atoms. The van der Waals surface area contributed by atoms with E-state index in [1.165, 1.54) is 0 Å².